The van der Waals surface area contributed by atoms with E-state index in [9.17, 15) is 0 Å². The number of ether oxygens (including phenoxy) is 1. The van der Waals surface area contributed by atoms with Crippen LogP contribution in [0.1, 0.15) is 40.0 Å². The number of alkyl halides is 1. The highest BCUT2D eigenvalue weighted by molar-refractivity contribution is 8.00. The van der Waals surface area contributed by atoms with Crippen molar-refractivity contribution >= 4 is 23.4 Å². The Balaban J connectivity index is 2.13. The van der Waals surface area contributed by atoms with Gasteiger partial charge in [0.15, 0.2) is 0 Å². The molecule has 1 nitrogen and oxygen atoms in total. The minimum absolute atomic E-state index is 0.0887. The van der Waals surface area contributed by atoms with E-state index in [-0.39, 0.29) is 11.0 Å². The Morgan fingerprint density at radius 2 is 2.19 bits per heavy atom. The maximum Gasteiger partial charge on any atom is 0.117 e. The highest BCUT2D eigenvalue weighted by Gasteiger charge is 2.50. The topological polar surface area (TPSA) is 9.23 Å². The highest BCUT2D eigenvalue weighted by atomic mass is 35.5. The van der Waals surface area contributed by atoms with Crippen molar-refractivity contribution < 1.29 is 4.74 Å². The zero-order valence-electron chi connectivity index (χ0n) is 10.5. The third kappa shape index (κ3) is 2.39. The van der Waals surface area contributed by atoms with Crippen LogP contribution in [0.2, 0.25) is 0 Å². The van der Waals surface area contributed by atoms with E-state index in [0.29, 0.717) is 17.7 Å². The quantitative estimate of drug-likeness (QED) is 0.692. The molecule has 16 heavy (non-hydrogen) atoms. The first-order chi connectivity index (χ1) is 7.57. The summed E-state index contributed by atoms with van der Waals surface area (Å²) in [6.45, 7) is 7.02. The average Bonchev–Trinajstić information content (AvgIpc) is 2.61. The van der Waals surface area contributed by atoms with Crippen molar-refractivity contribution in [3.63, 3.8) is 0 Å². The van der Waals surface area contributed by atoms with E-state index >= 15 is 0 Å². The minimum atomic E-state index is 0.0887. The molecule has 0 unspecified atom stereocenters. The molecule has 2 fully saturated rings. The van der Waals surface area contributed by atoms with E-state index in [1.807, 2.05) is 11.8 Å². The lowest BCUT2D eigenvalue weighted by Gasteiger charge is -2.44. The van der Waals surface area contributed by atoms with Crippen LogP contribution < -0.4 is 0 Å². The van der Waals surface area contributed by atoms with Gasteiger partial charge in [-0.2, -0.15) is 0 Å². The number of hydrogen-bond acceptors (Lipinski definition) is 2. The third-order valence-corrected chi connectivity index (χ3v) is 5.96. The third-order valence-electron chi connectivity index (χ3n) is 4.02. The highest BCUT2D eigenvalue weighted by Crippen LogP contribution is 2.53. The molecule has 0 aromatic heterocycles. The molecular formula is C13H23ClOS. The predicted octanol–water partition coefficient (Wildman–Crippen LogP) is 4.15. The maximum atomic E-state index is 6.31. The van der Waals surface area contributed by atoms with Crippen molar-refractivity contribution in [2.75, 3.05) is 11.6 Å². The number of thioether (sulfide) groups is 1. The van der Waals surface area contributed by atoms with E-state index in [1.54, 1.807) is 0 Å². The van der Waals surface area contributed by atoms with E-state index in [4.69, 9.17) is 16.3 Å². The zero-order chi connectivity index (χ0) is 11.8. The molecule has 0 aromatic carbocycles. The largest absolute Gasteiger partial charge is 0.359 e. The van der Waals surface area contributed by atoms with Gasteiger partial charge in [0.25, 0.3) is 0 Å². The summed E-state index contributed by atoms with van der Waals surface area (Å²) in [5.41, 5.74) is 0. The van der Waals surface area contributed by atoms with Crippen molar-refractivity contribution in [2.45, 2.75) is 51.1 Å². The Bertz CT molecular complexity index is 246. The van der Waals surface area contributed by atoms with Gasteiger partial charge in [-0.25, -0.2) is 0 Å². The molecule has 0 aromatic rings. The summed E-state index contributed by atoms with van der Waals surface area (Å²) in [5.74, 6) is 3.96. The Kier molecular flexibility index (Phi) is 4.14. The summed E-state index contributed by atoms with van der Waals surface area (Å²) < 4.78 is 6.31. The van der Waals surface area contributed by atoms with Crippen molar-refractivity contribution in [1.82, 2.24) is 0 Å². The van der Waals surface area contributed by atoms with Crippen LogP contribution in [-0.4, -0.2) is 22.7 Å². The summed E-state index contributed by atoms with van der Waals surface area (Å²) >= 11 is 7.97. The molecule has 1 saturated carbocycles. The van der Waals surface area contributed by atoms with Gasteiger partial charge in [0.1, 0.15) is 4.93 Å². The Labute approximate surface area is 109 Å². The molecule has 1 saturated heterocycles. The van der Waals surface area contributed by atoms with Gasteiger partial charge < -0.3 is 4.74 Å². The number of halogens is 1. The summed E-state index contributed by atoms with van der Waals surface area (Å²) in [6, 6.07) is 0. The van der Waals surface area contributed by atoms with Crippen LogP contribution in [-0.2, 0) is 4.74 Å². The molecule has 3 heteroatoms. The molecule has 0 bridgehead atoms. The molecule has 0 N–H and O–H groups in total. The molecule has 4 atom stereocenters. The molecular weight excluding hydrogens is 240 g/mol. The first-order valence-electron chi connectivity index (χ1n) is 6.45. The lowest BCUT2D eigenvalue weighted by molar-refractivity contribution is -0.0772. The first-order valence-corrected chi connectivity index (χ1v) is 7.97. The first kappa shape index (κ1) is 13.0. The lowest BCUT2D eigenvalue weighted by Crippen LogP contribution is -2.43. The molecule has 1 aliphatic carbocycles. The van der Waals surface area contributed by atoms with E-state index in [1.165, 1.54) is 19.3 Å². The standard InChI is InChI=1S/C13H23ClOS/c1-9(2)12-5-4-10(3)6-13(12)15-11(7-14)8-16-13/h9-12H,4-8H2,1-3H3/t10-,11+,12-,13-/m0/s1. The van der Waals surface area contributed by atoms with Crippen LogP contribution in [0.15, 0.2) is 0 Å². The summed E-state index contributed by atoms with van der Waals surface area (Å²) in [6.07, 6.45) is 4.17. The number of hydrogen-bond donors (Lipinski definition) is 0. The van der Waals surface area contributed by atoms with Gasteiger partial charge in [-0.1, -0.05) is 27.2 Å². The van der Waals surface area contributed by atoms with Crippen molar-refractivity contribution in [2.24, 2.45) is 17.8 Å². The van der Waals surface area contributed by atoms with E-state index in [2.05, 4.69) is 20.8 Å². The van der Waals surface area contributed by atoms with Gasteiger partial charge in [0.2, 0.25) is 0 Å². The van der Waals surface area contributed by atoms with Crippen molar-refractivity contribution in [3.8, 4) is 0 Å². The van der Waals surface area contributed by atoms with Crippen LogP contribution in [0.5, 0.6) is 0 Å². The van der Waals surface area contributed by atoms with Crippen LogP contribution in [0.25, 0.3) is 0 Å². The van der Waals surface area contributed by atoms with Gasteiger partial charge in [-0.05, 0) is 30.6 Å². The van der Waals surface area contributed by atoms with Gasteiger partial charge >= 0.3 is 0 Å². The monoisotopic (exact) mass is 262 g/mol. The molecule has 0 radical (unpaired) electrons. The number of rotatable bonds is 2. The summed E-state index contributed by atoms with van der Waals surface area (Å²) in [7, 11) is 0. The van der Waals surface area contributed by atoms with Crippen LogP contribution >= 0.6 is 23.4 Å². The molecule has 1 aliphatic heterocycles. The van der Waals surface area contributed by atoms with Crippen LogP contribution in [0.3, 0.4) is 0 Å². The van der Waals surface area contributed by atoms with Gasteiger partial charge in [0, 0.05) is 11.6 Å². The van der Waals surface area contributed by atoms with Gasteiger partial charge in [0.05, 0.1) is 6.10 Å². The van der Waals surface area contributed by atoms with Crippen LogP contribution in [0, 0.1) is 17.8 Å². The minimum Gasteiger partial charge on any atom is -0.359 e. The lowest BCUT2D eigenvalue weighted by atomic mass is 9.75. The average molecular weight is 263 g/mol. The summed E-state index contributed by atoms with van der Waals surface area (Å²) in [5, 5.41) is 0. The molecule has 2 aliphatic rings. The predicted molar refractivity (Wildman–Crippen MR) is 72.1 cm³/mol. The smallest absolute Gasteiger partial charge is 0.117 e. The van der Waals surface area contributed by atoms with Gasteiger partial charge in [-0.15, -0.1) is 23.4 Å². The fourth-order valence-corrected chi connectivity index (χ4v) is 5.39. The van der Waals surface area contributed by atoms with Crippen LogP contribution in [0.4, 0.5) is 0 Å². The summed E-state index contributed by atoms with van der Waals surface area (Å²) in [4.78, 5) is 0.0887. The second-order valence-electron chi connectivity index (χ2n) is 5.75. The zero-order valence-corrected chi connectivity index (χ0v) is 12.1. The Morgan fingerprint density at radius 3 is 2.75 bits per heavy atom. The second-order valence-corrected chi connectivity index (χ2v) is 7.38. The van der Waals surface area contributed by atoms with Crippen molar-refractivity contribution in [1.29, 1.82) is 0 Å². The fourth-order valence-electron chi connectivity index (χ4n) is 3.23. The maximum absolute atomic E-state index is 6.31. The molecule has 1 heterocycles. The molecule has 0 amide bonds. The SMILES string of the molecule is CC(C)[C@@H]1CC[C@H](C)C[C@@]12O[C@H](CCl)CS2. The second kappa shape index (κ2) is 5.07. The van der Waals surface area contributed by atoms with E-state index in [0.717, 1.165) is 11.7 Å². The molecule has 1 spiro atoms. The van der Waals surface area contributed by atoms with E-state index < -0.39 is 0 Å². The Morgan fingerprint density at radius 1 is 1.44 bits per heavy atom. The molecule has 2 rings (SSSR count). The normalized spacial score (nSPS) is 44.4. The van der Waals surface area contributed by atoms with Crippen molar-refractivity contribution in [3.05, 3.63) is 0 Å². The molecule has 94 valence electrons. The fraction of sp³-hybridized carbons (Fsp3) is 1.00. The Hall–Kier alpha value is 0.600. The van der Waals surface area contributed by atoms with Gasteiger partial charge in [-0.3, -0.25) is 0 Å².